The maximum atomic E-state index is 11.7. The van der Waals surface area contributed by atoms with Crippen LogP contribution in [0.1, 0.15) is 42.5 Å². The molecule has 1 amide bonds. The molecule has 25 heavy (non-hydrogen) atoms. The summed E-state index contributed by atoms with van der Waals surface area (Å²) >= 11 is 1.74. The van der Waals surface area contributed by atoms with E-state index in [-0.39, 0.29) is 11.8 Å². The van der Waals surface area contributed by atoms with Crippen LogP contribution in [0.2, 0.25) is 0 Å². The second-order valence-electron chi connectivity index (χ2n) is 7.23. The predicted octanol–water partition coefficient (Wildman–Crippen LogP) is 2.22. The van der Waals surface area contributed by atoms with Crippen LogP contribution in [0.15, 0.2) is 6.33 Å². The van der Waals surface area contributed by atoms with Crippen LogP contribution in [0, 0.1) is 5.92 Å². The molecular weight excluding hydrogens is 334 g/mol. The van der Waals surface area contributed by atoms with Crippen molar-refractivity contribution in [2.24, 2.45) is 11.7 Å². The number of amides is 1. The zero-order valence-electron chi connectivity index (χ0n) is 14.5. The summed E-state index contributed by atoms with van der Waals surface area (Å²) in [5.74, 6) is 0.673. The lowest BCUT2D eigenvalue weighted by molar-refractivity contribution is -0.122. The van der Waals surface area contributed by atoms with Gasteiger partial charge >= 0.3 is 0 Å². The topological polar surface area (TPSA) is 92.9 Å². The van der Waals surface area contributed by atoms with Crippen molar-refractivity contribution in [1.82, 2.24) is 15.3 Å². The van der Waals surface area contributed by atoms with Gasteiger partial charge in [0.15, 0.2) is 0 Å². The molecule has 0 radical (unpaired) electrons. The molecule has 1 fully saturated rings. The molecule has 134 valence electrons. The molecule has 1 atom stereocenters. The molecule has 0 saturated heterocycles. The molecule has 0 aromatic carbocycles. The van der Waals surface area contributed by atoms with Crippen LogP contribution < -0.4 is 16.4 Å². The second kappa shape index (κ2) is 6.88. The van der Waals surface area contributed by atoms with Crippen LogP contribution in [-0.2, 0) is 17.6 Å². The summed E-state index contributed by atoms with van der Waals surface area (Å²) in [6, 6.07) is 1.09. The summed E-state index contributed by atoms with van der Waals surface area (Å²) in [5.41, 5.74) is 6.80. The number of primary amides is 1. The van der Waals surface area contributed by atoms with Gasteiger partial charge in [0, 0.05) is 22.9 Å². The Kier molecular flexibility index (Phi) is 4.60. The molecule has 2 heterocycles. The Morgan fingerprint density at radius 1 is 1.20 bits per heavy atom. The SMILES string of the molecule is CNC1CCC(Nc2ncnc3sc4c(c23)CC(C(N)=O)CC4)CC1. The number of hydrogen-bond acceptors (Lipinski definition) is 6. The van der Waals surface area contributed by atoms with E-state index in [0.29, 0.717) is 12.1 Å². The van der Waals surface area contributed by atoms with Gasteiger partial charge in [0.25, 0.3) is 0 Å². The summed E-state index contributed by atoms with van der Waals surface area (Å²) < 4.78 is 0. The van der Waals surface area contributed by atoms with Gasteiger partial charge in [-0.05, 0) is 57.6 Å². The molecule has 4 rings (SSSR count). The fourth-order valence-electron chi connectivity index (χ4n) is 4.18. The average molecular weight is 359 g/mol. The van der Waals surface area contributed by atoms with E-state index in [1.807, 2.05) is 7.05 Å². The third-order valence-electron chi connectivity index (χ3n) is 5.72. The highest BCUT2D eigenvalue weighted by Gasteiger charge is 2.29. The van der Waals surface area contributed by atoms with Gasteiger partial charge in [-0.2, -0.15) is 0 Å². The summed E-state index contributed by atoms with van der Waals surface area (Å²) in [6.45, 7) is 0. The molecular formula is C18H25N5OS. The fraction of sp³-hybridized carbons (Fsp3) is 0.611. The highest BCUT2D eigenvalue weighted by Crippen LogP contribution is 2.40. The monoisotopic (exact) mass is 359 g/mol. The van der Waals surface area contributed by atoms with Gasteiger partial charge in [0.1, 0.15) is 17.0 Å². The van der Waals surface area contributed by atoms with Crippen LogP contribution in [0.25, 0.3) is 10.2 Å². The van der Waals surface area contributed by atoms with Crippen LogP contribution in [0.4, 0.5) is 5.82 Å². The van der Waals surface area contributed by atoms with Crippen LogP contribution in [0.3, 0.4) is 0 Å². The molecule has 1 saturated carbocycles. The lowest BCUT2D eigenvalue weighted by Crippen LogP contribution is -2.35. The van der Waals surface area contributed by atoms with Crippen molar-refractivity contribution in [1.29, 1.82) is 0 Å². The molecule has 0 aliphatic heterocycles. The fourth-order valence-corrected chi connectivity index (χ4v) is 5.36. The second-order valence-corrected chi connectivity index (χ2v) is 8.31. The Bertz CT molecular complexity index is 781. The smallest absolute Gasteiger partial charge is 0.220 e. The number of hydrogen-bond donors (Lipinski definition) is 3. The van der Waals surface area contributed by atoms with E-state index in [2.05, 4.69) is 20.6 Å². The predicted molar refractivity (Wildman–Crippen MR) is 101 cm³/mol. The van der Waals surface area contributed by atoms with Gasteiger partial charge in [-0.25, -0.2) is 9.97 Å². The van der Waals surface area contributed by atoms with Crippen LogP contribution in [0.5, 0.6) is 0 Å². The minimum absolute atomic E-state index is 0.0653. The first-order valence-electron chi connectivity index (χ1n) is 9.14. The van der Waals surface area contributed by atoms with Crippen molar-refractivity contribution in [3.05, 3.63) is 16.8 Å². The third kappa shape index (κ3) is 3.22. The Morgan fingerprint density at radius 3 is 2.68 bits per heavy atom. The number of thiophene rings is 1. The largest absolute Gasteiger partial charge is 0.369 e. The van der Waals surface area contributed by atoms with E-state index in [1.165, 1.54) is 23.3 Å². The molecule has 2 aliphatic carbocycles. The molecule has 0 bridgehead atoms. The minimum Gasteiger partial charge on any atom is -0.369 e. The number of anilines is 1. The molecule has 6 nitrogen and oxygen atoms in total. The van der Waals surface area contributed by atoms with Gasteiger partial charge in [-0.3, -0.25) is 4.79 Å². The number of carbonyl (C=O) groups is 1. The summed E-state index contributed by atoms with van der Waals surface area (Å²) in [7, 11) is 2.04. The summed E-state index contributed by atoms with van der Waals surface area (Å²) in [5, 5.41) is 8.15. The number of nitrogens with zero attached hydrogens (tertiary/aromatic N) is 2. The van der Waals surface area contributed by atoms with E-state index < -0.39 is 0 Å². The standard InChI is InChI=1S/C18H25N5OS/c1-20-11-3-5-12(6-4-11)23-17-15-13-8-10(16(19)24)2-7-14(13)25-18(15)22-9-21-17/h9-12,20H,2-8H2,1H3,(H2,19,24)(H,21,22,23). The van der Waals surface area contributed by atoms with Gasteiger partial charge in [0.2, 0.25) is 5.91 Å². The quantitative estimate of drug-likeness (QED) is 0.778. The maximum absolute atomic E-state index is 11.7. The van der Waals surface area contributed by atoms with Gasteiger partial charge in [0.05, 0.1) is 5.39 Å². The van der Waals surface area contributed by atoms with Crippen LogP contribution in [-0.4, -0.2) is 35.0 Å². The van der Waals surface area contributed by atoms with Crippen molar-refractivity contribution >= 4 is 33.3 Å². The Balaban J connectivity index is 1.62. The van der Waals surface area contributed by atoms with E-state index in [9.17, 15) is 4.79 Å². The number of aryl methyl sites for hydroxylation is 1. The lowest BCUT2D eigenvalue weighted by Gasteiger charge is -2.29. The highest BCUT2D eigenvalue weighted by molar-refractivity contribution is 7.19. The molecule has 0 spiro atoms. The first kappa shape index (κ1) is 16.7. The number of fused-ring (bicyclic) bond motifs is 3. The minimum atomic E-state index is -0.193. The number of nitrogens with two attached hydrogens (primary N) is 1. The van der Waals surface area contributed by atoms with Gasteiger partial charge < -0.3 is 16.4 Å². The van der Waals surface area contributed by atoms with E-state index >= 15 is 0 Å². The first-order valence-corrected chi connectivity index (χ1v) is 9.95. The van der Waals surface area contributed by atoms with E-state index in [4.69, 9.17) is 5.73 Å². The number of rotatable bonds is 4. The van der Waals surface area contributed by atoms with Crippen molar-refractivity contribution in [3.8, 4) is 0 Å². The zero-order valence-corrected chi connectivity index (χ0v) is 15.4. The zero-order chi connectivity index (χ0) is 17.4. The van der Waals surface area contributed by atoms with Gasteiger partial charge in [-0.15, -0.1) is 11.3 Å². The summed E-state index contributed by atoms with van der Waals surface area (Å²) in [6.07, 6.45) is 8.80. The molecule has 1 unspecified atom stereocenters. The van der Waals surface area contributed by atoms with Crippen molar-refractivity contribution in [2.75, 3.05) is 12.4 Å². The van der Waals surface area contributed by atoms with Crippen molar-refractivity contribution < 1.29 is 4.79 Å². The van der Waals surface area contributed by atoms with Gasteiger partial charge in [-0.1, -0.05) is 0 Å². The average Bonchev–Trinajstić information content (AvgIpc) is 3.01. The third-order valence-corrected chi connectivity index (χ3v) is 6.92. The molecule has 7 heteroatoms. The molecule has 2 aliphatic rings. The van der Waals surface area contributed by atoms with Crippen molar-refractivity contribution in [2.45, 2.75) is 57.0 Å². The Labute approximate surface area is 151 Å². The molecule has 2 aromatic rings. The summed E-state index contributed by atoms with van der Waals surface area (Å²) in [4.78, 5) is 23.0. The maximum Gasteiger partial charge on any atom is 0.220 e. The lowest BCUT2D eigenvalue weighted by atomic mass is 9.86. The number of nitrogens with one attached hydrogen (secondary N) is 2. The molecule has 4 N–H and O–H groups in total. The van der Waals surface area contributed by atoms with E-state index in [0.717, 1.165) is 48.1 Å². The van der Waals surface area contributed by atoms with Crippen molar-refractivity contribution in [3.63, 3.8) is 0 Å². The first-order chi connectivity index (χ1) is 12.2. The highest BCUT2D eigenvalue weighted by atomic mass is 32.1. The van der Waals surface area contributed by atoms with Crippen LogP contribution >= 0.6 is 11.3 Å². The Morgan fingerprint density at radius 2 is 1.96 bits per heavy atom. The Hall–Kier alpha value is -1.73. The molecule has 2 aromatic heterocycles. The normalized spacial score (nSPS) is 26.4. The number of carbonyl (C=O) groups excluding carboxylic acids is 1. The number of aromatic nitrogens is 2. The van der Waals surface area contributed by atoms with E-state index in [1.54, 1.807) is 17.7 Å².